The van der Waals surface area contributed by atoms with Crippen molar-refractivity contribution >= 4 is 18.0 Å². The molecule has 0 aromatic heterocycles. The van der Waals surface area contributed by atoms with Gasteiger partial charge in [0.2, 0.25) is 6.10 Å². The van der Waals surface area contributed by atoms with Crippen LogP contribution >= 0.6 is 0 Å². The molecule has 158 valence electrons. The molecule has 0 saturated heterocycles. The van der Waals surface area contributed by atoms with E-state index in [-0.39, 0.29) is 13.0 Å². The van der Waals surface area contributed by atoms with Crippen LogP contribution in [0.15, 0.2) is 61.2 Å². The molecule has 0 aliphatic rings. The van der Waals surface area contributed by atoms with Crippen molar-refractivity contribution in [3.63, 3.8) is 0 Å². The van der Waals surface area contributed by atoms with Crippen LogP contribution in [-0.4, -0.2) is 38.9 Å². The SMILES string of the molecule is C=CCOC(=O)C(Cc1ccc(OC)c(OC)c1)OC(=O)/C=C/c1ccc(C)cc1. The second kappa shape index (κ2) is 11.5. The lowest BCUT2D eigenvalue weighted by molar-refractivity contribution is -0.164. The van der Waals surface area contributed by atoms with E-state index in [1.165, 1.54) is 26.4 Å². The molecule has 0 amide bonds. The van der Waals surface area contributed by atoms with E-state index in [1.807, 2.05) is 31.2 Å². The Hall–Kier alpha value is -3.54. The van der Waals surface area contributed by atoms with Crippen LogP contribution in [0.1, 0.15) is 16.7 Å². The fraction of sp³-hybridized carbons (Fsp3) is 0.250. The second-order valence-electron chi connectivity index (χ2n) is 6.48. The van der Waals surface area contributed by atoms with Gasteiger partial charge in [0.25, 0.3) is 0 Å². The second-order valence-corrected chi connectivity index (χ2v) is 6.48. The Morgan fingerprint density at radius 1 is 1.03 bits per heavy atom. The van der Waals surface area contributed by atoms with Gasteiger partial charge < -0.3 is 18.9 Å². The van der Waals surface area contributed by atoms with Crippen molar-refractivity contribution < 1.29 is 28.5 Å². The van der Waals surface area contributed by atoms with Crippen LogP contribution in [0.4, 0.5) is 0 Å². The Morgan fingerprint density at radius 3 is 2.37 bits per heavy atom. The molecule has 6 heteroatoms. The fourth-order valence-corrected chi connectivity index (χ4v) is 2.65. The summed E-state index contributed by atoms with van der Waals surface area (Å²) in [6, 6.07) is 12.9. The van der Waals surface area contributed by atoms with Crippen molar-refractivity contribution in [1.82, 2.24) is 0 Å². The van der Waals surface area contributed by atoms with Crippen molar-refractivity contribution in [1.29, 1.82) is 0 Å². The number of esters is 2. The van der Waals surface area contributed by atoms with E-state index in [2.05, 4.69) is 6.58 Å². The topological polar surface area (TPSA) is 71.1 Å². The van der Waals surface area contributed by atoms with Crippen LogP contribution < -0.4 is 9.47 Å². The minimum Gasteiger partial charge on any atom is -0.493 e. The van der Waals surface area contributed by atoms with Gasteiger partial charge in [-0.05, 0) is 36.3 Å². The molecule has 0 radical (unpaired) electrons. The van der Waals surface area contributed by atoms with Crippen molar-refractivity contribution in [3.8, 4) is 11.5 Å². The van der Waals surface area contributed by atoms with Crippen molar-refractivity contribution in [2.75, 3.05) is 20.8 Å². The minimum atomic E-state index is -1.11. The first kappa shape index (κ1) is 22.7. The van der Waals surface area contributed by atoms with E-state index in [0.717, 1.165) is 16.7 Å². The molecule has 6 nitrogen and oxygen atoms in total. The summed E-state index contributed by atoms with van der Waals surface area (Å²) >= 11 is 0. The summed E-state index contributed by atoms with van der Waals surface area (Å²) in [5.41, 5.74) is 2.70. The average molecular weight is 410 g/mol. The zero-order valence-electron chi connectivity index (χ0n) is 17.4. The van der Waals surface area contributed by atoms with Crippen LogP contribution in [0.25, 0.3) is 6.08 Å². The van der Waals surface area contributed by atoms with Crippen LogP contribution in [0, 0.1) is 6.92 Å². The van der Waals surface area contributed by atoms with E-state index in [1.54, 1.807) is 24.3 Å². The summed E-state index contributed by atoms with van der Waals surface area (Å²) < 4.78 is 21.0. The molecule has 2 rings (SSSR count). The number of rotatable bonds is 10. The predicted molar refractivity (Wildman–Crippen MR) is 114 cm³/mol. The average Bonchev–Trinajstić information content (AvgIpc) is 2.76. The molecular weight excluding hydrogens is 384 g/mol. The molecule has 0 heterocycles. The first-order valence-electron chi connectivity index (χ1n) is 9.40. The minimum absolute atomic E-state index is 0.0258. The van der Waals surface area contributed by atoms with Gasteiger partial charge in [0.1, 0.15) is 6.61 Å². The van der Waals surface area contributed by atoms with Crippen LogP contribution in [0.2, 0.25) is 0 Å². The molecule has 1 unspecified atom stereocenters. The Bertz CT molecular complexity index is 898. The smallest absolute Gasteiger partial charge is 0.348 e. The zero-order valence-corrected chi connectivity index (χ0v) is 17.4. The van der Waals surface area contributed by atoms with Gasteiger partial charge in [0.15, 0.2) is 11.5 Å². The highest BCUT2D eigenvalue weighted by Crippen LogP contribution is 2.28. The summed E-state index contributed by atoms with van der Waals surface area (Å²) in [5, 5.41) is 0. The first-order valence-corrected chi connectivity index (χ1v) is 9.40. The number of carbonyl (C=O) groups excluding carboxylic acids is 2. The molecule has 0 aliphatic carbocycles. The lowest BCUT2D eigenvalue weighted by Crippen LogP contribution is -2.31. The van der Waals surface area contributed by atoms with Crippen molar-refractivity contribution in [3.05, 3.63) is 77.9 Å². The van der Waals surface area contributed by atoms with Crippen LogP contribution in [0.5, 0.6) is 11.5 Å². The Kier molecular flexibility index (Phi) is 8.69. The number of benzene rings is 2. The lowest BCUT2D eigenvalue weighted by Gasteiger charge is -2.17. The number of hydrogen-bond acceptors (Lipinski definition) is 6. The van der Waals surface area contributed by atoms with E-state index in [0.29, 0.717) is 11.5 Å². The largest absolute Gasteiger partial charge is 0.493 e. The molecule has 0 bridgehead atoms. The molecule has 2 aromatic rings. The number of aryl methyl sites for hydroxylation is 1. The molecule has 0 saturated carbocycles. The van der Waals surface area contributed by atoms with E-state index < -0.39 is 18.0 Å². The number of carbonyl (C=O) groups is 2. The van der Waals surface area contributed by atoms with Crippen molar-refractivity contribution in [2.45, 2.75) is 19.4 Å². The lowest BCUT2D eigenvalue weighted by atomic mass is 10.1. The summed E-state index contributed by atoms with van der Waals surface area (Å²) in [5.74, 6) is -0.220. The Balaban J connectivity index is 2.14. The third-order valence-electron chi connectivity index (χ3n) is 4.22. The third-order valence-corrected chi connectivity index (χ3v) is 4.22. The highest BCUT2D eigenvalue weighted by Gasteiger charge is 2.24. The Morgan fingerprint density at radius 2 is 1.73 bits per heavy atom. The van der Waals surface area contributed by atoms with Gasteiger partial charge in [-0.2, -0.15) is 0 Å². The van der Waals surface area contributed by atoms with Gasteiger partial charge in [-0.3, -0.25) is 0 Å². The van der Waals surface area contributed by atoms with E-state index in [4.69, 9.17) is 18.9 Å². The molecule has 0 N–H and O–H groups in total. The summed E-state index contributed by atoms with van der Waals surface area (Å²) in [7, 11) is 3.06. The zero-order chi connectivity index (χ0) is 21.9. The predicted octanol–water partition coefficient (Wildman–Crippen LogP) is 3.91. The van der Waals surface area contributed by atoms with Gasteiger partial charge in [-0.15, -0.1) is 0 Å². The van der Waals surface area contributed by atoms with E-state index >= 15 is 0 Å². The standard InChI is InChI=1S/C24H26O6/c1-5-14-29-24(26)22(16-19-10-12-20(27-3)21(15-19)28-4)30-23(25)13-11-18-8-6-17(2)7-9-18/h5-13,15,22H,1,14,16H2,2-4H3/b13-11+. The van der Waals surface area contributed by atoms with Gasteiger partial charge in [-0.1, -0.05) is 48.6 Å². The van der Waals surface area contributed by atoms with Gasteiger partial charge in [0, 0.05) is 12.5 Å². The molecule has 2 aromatic carbocycles. The normalized spacial score (nSPS) is 11.6. The van der Waals surface area contributed by atoms with Gasteiger partial charge in [0.05, 0.1) is 14.2 Å². The first-order chi connectivity index (χ1) is 14.5. The Labute approximate surface area is 176 Å². The van der Waals surface area contributed by atoms with Gasteiger partial charge in [-0.25, -0.2) is 9.59 Å². The van der Waals surface area contributed by atoms with Crippen molar-refractivity contribution in [2.24, 2.45) is 0 Å². The molecule has 0 fully saturated rings. The molecular formula is C24H26O6. The maximum absolute atomic E-state index is 12.4. The molecule has 30 heavy (non-hydrogen) atoms. The number of hydrogen-bond donors (Lipinski definition) is 0. The van der Waals surface area contributed by atoms with Gasteiger partial charge >= 0.3 is 11.9 Å². The maximum Gasteiger partial charge on any atom is 0.348 e. The van der Waals surface area contributed by atoms with Crippen LogP contribution in [0.3, 0.4) is 0 Å². The summed E-state index contributed by atoms with van der Waals surface area (Å²) in [4.78, 5) is 24.7. The maximum atomic E-state index is 12.4. The van der Waals surface area contributed by atoms with Crippen LogP contribution in [-0.2, 0) is 25.5 Å². The monoisotopic (exact) mass is 410 g/mol. The molecule has 0 spiro atoms. The third kappa shape index (κ3) is 6.81. The highest BCUT2D eigenvalue weighted by molar-refractivity contribution is 5.89. The summed E-state index contributed by atoms with van der Waals surface area (Å²) in [6.45, 7) is 5.53. The van der Waals surface area contributed by atoms with E-state index in [9.17, 15) is 9.59 Å². The summed E-state index contributed by atoms with van der Waals surface area (Å²) in [6.07, 6.45) is 3.38. The number of methoxy groups -OCH3 is 2. The highest BCUT2D eigenvalue weighted by atomic mass is 16.6. The molecule has 0 aliphatic heterocycles. The number of ether oxygens (including phenoxy) is 4. The quantitative estimate of drug-likeness (QED) is 0.336. The fourth-order valence-electron chi connectivity index (χ4n) is 2.65. The molecule has 1 atom stereocenters.